The number of aliphatic hydroxyl groups is 1. The summed E-state index contributed by atoms with van der Waals surface area (Å²) in [6, 6.07) is 8.02. The summed E-state index contributed by atoms with van der Waals surface area (Å²) >= 11 is 0. The van der Waals surface area contributed by atoms with Crippen LogP contribution < -0.4 is 0 Å². The summed E-state index contributed by atoms with van der Waals surface area (Å²) in [5, 5.41) is 21.5. The van der Waals surface area contributed by atoms with E-state index in [9.17, 15) is 10.1 Å². The van der Waals surface area contributed by atoms with Crippen LogP contribution in [0, 0.1) is 5.92 Å². The molecule has 2 N–H and O–H groups in total. The molecular formula is C23H41BO3. The summed E-state index contributed by atoms with van der Waals surface area (Å²) in [4.78, 5) is 0. The smallest absolute Gasteiger partial charge is 0.423 e. The van der Waals surface area contributed by atoms with Crippen molar-refractivity contribution in [1.29, 1.82) is 0 Å². The predicted octanol–water partition coefficient (Wildman–Crippen LogP) is 5.68. The monoisotopic (exact) mass is 376 g/mol. The van der Waals surface area contributed by atoms with Crippen LogP contribution in [0.2, 0.25) is 0 Å². The molecular weight excluding hydrogens is 335 g/mol. The fourth-order valence-corrected chi connectivity index (χ4v) is 3.05. The maximum absolute atomic E-state index is 11.2. The van der Waals surface area contributed by atoms with Gasteiger partial charge in [0.05, 0.1) is 5.60 Å². The van der Waals surface area contributed by atoms with E-state index in [1.165, 1.54) is 5.56 Å². The van der Waals surface area contributed by atoms with Gasteiger partial charge in [-0.25, -0.2) is 0 Å². The van der Waals surface area contributed by atoms with Gasteiger partial charge in [0.2, 0.25) is 0 Å². The summed E-state index contributed by atoms with van der Waals surface area (Å²) in [5.74, 6) is 1.93. The lowest BCUT2D eigenvalue weighted by atomic mass is 9.72. The normalized spacial score (nSPS) is 19.3. The van der Waals surface area contributed by atoms with Gasteiger partial charge in [0, 0.05) is 0 Å². The van der Waals surface area contributed by atoms with E-state index in [0.29, 0.717) is 6.42 Å². The first-order valence-corrected chi connectivity index (χ1v) is 10.5. The molecule has 0 aliphatic heterocycles. The van der Waals surface area contributed by atoms with Crippen LogP contribution in [0.1, 0.15) is 86.3 Å². The van der Waals surface area contributed by atoms with E-state index >= 15 is 0 Å². The Kier molecular flexibility index (Phi) is 11.2. The third-order valence-electron chi connectivity index (χ3n) is 5.31. The van der Waals surface area contributed by atoms with Crippen molar-refractivity contribution in [1.82, 2.24) is 0 Å². The van der Waals surface area contributed by atoms with E-state index in [1.54, 1.807) is 5.98 Å². The van der Waals surface area contributed by atoms with E-state index in [-0.39, 0.29) is 5.92 Å². The molecule has 0 saturated heterocycles. The second kappa shape index (κ2) is 11.7. The molecule has 0 aromatic heterocycles. The zero-order chi connectivity index (χ0) is 21.3. The van der Waals surface area contributed by atoms with Gasteiger partial charge in [0.15, 0.2) is 0 Å². The molecule has 1 aliphatic carbocycles. The van der Waals surface area contributed by atoms with Crippen LogP contribution in [-0.2, 0) is 16.7 Å². The molecule has 27 heavy (non-hydrogen) atoms. The Hall–Kier alpha value is -1.10. The van der Waals surface area contributed by atoms with Gasteiger partial charge < -0.3 is 14.8 Å². The van der Waals surface area contributed by atoms with Gasteiger partial charge in [-0.3, -0.25) is 0 Å². The molecule has 1 unspecified atom stereocenters. The molecule has 0 heterocycles. The van der Waals surface area contributed by atoms with Crippen molar-refractivity contribution in [3.63, 3.8) is 0 Å². The zero-order valence-corrected chi connectivity index (χ0v) is 19.0. The number of aryl methyl sites for hydroxylation is 1. The summed E-state index contributed by atoms with van der Waals surface area (Å²) in [6.07, 6.45) is 2.60. The van der Waals surface area contributed by atoms with Crippen molar-refractivity contribution in [3.05, 3.63) is 46.9 Å². The van der Waals surface area contributed by atoms with Crippen molar-refractivity contribution < 1.29 is 14.8 Å². The highest BCUT2D eigenvalue weighted by Crippen LogP contribution is 2.40. The third-order valence-corrected chi connectivity index (χ3v) is 5.31. The molecule has 0 amide bonds. The Morgan fingerprint density at radius 2 is 1.74 bits per heavy atom. The van der Waals surface area contributed by atoms with Crippen LogP contribution in [0.25, 0.3) is 0 Å². The maximum atomic E-state index is 11.2. The lowest BCUT2D eigenvalue weighted by Crippen LogP contribution is -2.38. The van der Waals surface area contributed by atoms with Gasteiger partial charge in [-0.15, -0.1) is 0 Å². The SMILES string of the molecule is C/C(=C\B(O)OC(C)(C)C(C)C)C1(O)CCCc2ccccc21.CC.CC. The highest BCUT2D eigenvalue weighted by Gasteiger charge is 2.37. The third kappa shape index (κ3) is 6.78. The molecule has 1 aliphatic rings. The Labute approximate surface area is 168 Å². The number of hydrogen-bond acceptors (Lipinski definition) is 3. The number of fused-ring (bicyclic) bond motifs is 1. The van der Waals surface area contributed by atoms with Gasteiger partial charge in [0.25, 0.3) is 0 Å². The van der Waals surface area contributed by atoms with E-state index in [4.69, 9.17) is 4.65 Å². The van der Waals surface area contributed by atoms with Gasteiger partial charge >= 0.3 is 7.12 Å². The van der Waals surface area contributed by atoms with Gasteiger partial charge in [-0.05, 0) is 62.7 Å². The van der Waals surface area contributed by atoms with Crippen LogP contribution >= 0.6 is 0 Å². The van der Waals surface area contributed by atoms with Gasteiger partial charge in [0.1, 0.15) is 5.60 Å². The fraction of sp³-hybridized carbons (Fsp3) is 0.652. The first-order chi connectivity index (χ1) is 12.7. The summed E-state index contributed by atoms with van der Waals surface area (Å²) in [7, 11) is -1.02. The lowest BCUT2D eigenvalue weighted by molar-refractivity contribution is 0.0396. The van der Waals surface area contributed by atoms with E-state index in [1.807, 2.05) is 66.7 Å². The Morgan fingerprint density at radius 1 is 1.19 bits per heavy atom. The molecule has 0 fully saturated rings. The topological polar surface area (TPSA) is 49.7 Å². The predicted molar refractivity (Wildman–Crippen MR) is 118 cm³/mol. The van der Waals surface area contributed by atoms with Crippen molar-refractivity contribution in [3.8, 4) is 0 Å². The van der Waals surface area contributed by atoms with Crippen LogP contribution in [-0.4, -0.2) is 22.8 Å². The second-order valence-corrected chi connectivity index (χ2v) is 7.49. The minimum Gasteiger partial charge on any atom is -0.423 e. The maximum Gasteiger partial charge on any atom is 0.483 e. The summed E-state index contributed by atoms with van der Waals surface area (Å²) < 4.78 is 5.76. The molecule has 1 atom stereocenters. The molecule has 1 aromatic rings. The molecule has 2 rings (SSSR count). The number of benzene rings is 1. The first-order valence-electron chi connectivity index (χ1n) is 10.5. The van der Waals surface area contributed by atoms with Crippen molar-refractivity contribution in [2.24, 2.45) is 5.92 Å². The van der Waals surface area contributed by atoms with Crippen LogP contribution in [0.15, 0.2) is 35.8 Å². The van der Waals surface area contributed by atoms with E-state index in [2.05, 4.69) is 19.9 Å². The van der Waals surface area contributed by atoms with Crippen LogP contribution in [0.4, 0.5) is 0 Å². The molecule has 0 spiro atoms. The minimum atomic E-state index is -1.02. The molecule has 1 aromatic carbocycles. The molecule has 0 bridgehead atoms. The van der Waals surface area contributed by atoms with E-state index < -0.39 is 18.3 Å². The second-order valence-electron chi connectivity index (χ2n) is 7.49. The molecule has 4 heteroatoms. The van der Waals surface area contributed by atoms with Crippen molar-refractivity contribution >= 4 is 7.12 Å². The average molecular weight is 376 g/mol. The van der Waals surface area contributed by atoms with Crippen LogP contribution in [0.3, 0.4) is 0 Å². The highest BCUT2D eigenvalue weighted by atomic mass is 16.5. The number of hydrogen-bond donors (Lipinski definition) is 2. The Morgan fingerprint density at radius 3 is 2.30 bits per heavy atom. The number of rotatable bonds is 5. The van der Waals surface area contributed by atoms with Crippen molar-refractivity contribution in [2.45, 2.75) is 92.8 Å². The standard InChI is InChI=1S/C19H29BO3.2C2H6/c1-14(2)18(4,5)23-20(22)13-15(3)19(21)12-8-10-16-9-6-7-11-17(16)19;2*1-2/h6-7,9,11,13-14,21-22H,8,10,12H2,1-5H3;2*1-2H3/b15-13+;;. The van der Waals surface area contributed by atoms with Gasteiger partial charge in [-0.2, -0.15) is 0 Å². The Balaban J connectivity index is 0.00000158. The van der Waals surface area contributed by atoms with Crippen molar-refractivity contribution in [2.75, 3.05) is 0 Å². The van der Waals surface area contributed by atoms with Crippen LogP contribution in [0.5, 0.6) is 0 Å². The fourth-order valence-electron chi connectivity index (χ4n) is 3.05. The first kappa shape index (κ1) is 25.9. The highest BCUT2D eigenvalue weighted by molar-refractivity contribution is 6.49. The Bertz CT molecular complexity index is 581. The largest absolute Gasteiger partial charge is 0.483 e. The molecule has 0 radical (unpaired) electrons. The molecule has 3 nitrogen and oxygen atoms in total. The summed E-state index contributed by atoms with van der Waals surface area (Å²) in [6.45, 7) is 17.9. The lowest BCUT2D eigenvalue weighted by Gasteiger charge is -2.36. The molecule has 154 valence electrons. The summed E-state index contributed by atoms with van der Waals surface area (Å²) in [5.41, 5.74) is 1.45. The molecule has 0 saturated carbocycles. The van der Waals surface area contributed by atoms with Gasteiger partial charge in [-0.1, -0.05) is 71.8 Å². The minimum absolute atomic E-state index is 0.282. The quantitative estimate of drug-likeness (QED) is 0.650. The van der Waals surface area contributed by atoms with E-state index in [0.717, 1.165) is 24.0 Å². The average Bonchev–Trinajstić information content (AvgIpc) is 2.64. The zero-order valence-electron chi connectivity index (χ0n) is 19.0.